The Morgan fingerprint density at radius 1 is 1.44 bits per heavy atom. The molecule has 0 aliphatic carbocycles. The number of nitro groups is 1. The second kappa shape index (κ2) is 4.17. The van der Waals surface area contributed by atoms with Crippen molar-refractivity contribution in [2.24, 2.45) is 0 Å². The van der Waals surface area contributed by atoms with Crippen LogP contribution in [0, 0.1) is 15.9 Å². The number of carbonyl (C=O) groups is 1. The summed E-state index contributed by atoms with van der Waals surface area (Å²) in [5, 5.41) is 18.9. The number of carboxylic acid groups (broad SMARTS) is 1. The van der Waals surface area contributed by atoms with Gasteiger partial charge in [-0.25, -0.2) is 18.0 Å². The van der Waals surface area contributed by atoms with Gasteiger partial charge < -0.3 is 5.11 Å². The normalized spacial score (nSPS) is 10.5. The summed E-state index contributed by atoms with van der Waals surface area (Å²) in [7, 11) is 0. The van der Waals surface area contributed by atoms with Crippen LogP contribution in [-0.4, -0.2) is 16.0 Å². The van der Waals surface area contributed by atoms with E-state index in [0.717, 1.165) is 0 Å². The first-order valence-electron chi connectivity index (χ1n) is 3.84. The van der Waals surface area contributed by atoms with Crippen molar-refractivity contribution in [3.63, 3.8) is 0 Å². The Morgan fingerprint density at radius 2 is 2.00 bits per heavy atom. The molecule has 0 heterocycles. The van der Waals surface area contributed by atoms with Gasteiger partial charge in [0.25, 0.3) is 12.1 Å². The molecule has 86 valence electrons. The van der Waals surface area contributed by atoms with E-state index in [1.807, 2.05) is 0 Å². The third-order valence-corrected chi connectivity index (χ3v) is 1.75. The molecular weight excluding hydrogens is 231 g/mol. The number of benzene rings is 1. The second-order valence-corrected chi connectivity index (χ2v) is 2.76. The van der Waals surface area contributed by atoms with Crippen molar-refractivity contribution in [1.29, 1.82) is 0 Å². The number of hydrogen-bond donors (Lipinski definition) is 1. The van der Waals surface area contributed by atoms with Gasteiger partial charge in [-0.3, -0.25) is 10.1 Å². The Balaban J connectivity index is 3.52. The molecule has 0 aliphatic heterocycles. The van der Waals surface area contributed by atoms with Crippen LogP contribution in [0.15, 0.2) is 12.1 Å². The molecule has 0 saturated carbocycles. The monoisotopic (exact) mass is 235 g/mol. The summed E-state index contributed by atoms with van der Waals surface area (Å²) in [5.41, 5.74) is -3.36. The average molecular weight is 235 g/mol. The highest BCUT2D eigenvalue weighted by Crippen LogP contribution is 2.28. The van der Waals surface area contributed by atoms with E-state index in [2.05, 4.69) is 0 Å². The summed E-state index contributed by atoms with van der Waals surface area (Å²) >= 11 is 0. The SMILES string of the molecule is O=C(O)c1c(F)cc(C(F)F)cc1[N+](=O)[O-]. The molecule has 0 fully saturated rings. The lowest BCUT2D eigenvalue weighted by molar-refractivity contribution is -0.385. The molecule has 1 N–H and O–H groups in total. The first-order valence-corrected chi connectivity index (χ1v) is 3.84. The van der Waals surface area contributed by atoms with Crippen LogP contribution < -0.4 is 0 Å². The van der Waals surface area contributed by atoms with E-state index in [1.54, 1.807) is 0 Å². The molecule has 0 aliphatic rings. The van der Waals surface area contributed by atoms with Crippen LogP contribution >= 0.6 is 0 Å². The van der Waals surface area contributed by atoms with Crippen LogP contribution in [0.1, 0.15) is 22.3 Å². The van der Waals surface area contributed by atoms with E-state index in [0.29, 0.717) is 6.07 Å². The van der Waals surface area contributed by atoms with Gasteiger partial charge in [0.05, 0.1) is 4.92 Å². The van der Waals surface area contributed by atoms with Crippen LogP contribution in [0.2, 0.25) is 0 Å². The number of alkyl halides is 2. The summed E-state index contributed by atoms with van der Waals surface area (Å²) in [6.07, 6.45) is -3.11. The molecule has 0 unspecified atom stereocenters. The van der Waals surface area contributed by atoms with Crippen LogP contribution in [-0.2, 0) is 0 Å². The Hall–Kier alpha value is -2.12. The van der Waals surface area contributed by atoms with Crippen molar-refractivity contribution in [3.05, 3.63) is 39.2 Å². The Morgan fingerprint density at radius 3 is 2.38 bits per heavy atom. The van der Waals surface area contributed by atoms with Crippen molar-refractivity contribution < 1.29 is 28.0 Å². The molecule has 0 atom stereocenters. The Bertz CT molecular complexity index is 461. The maximum Gasteiger partial charge on any atom is 0.345 e. The molecule has 8 heteroatoms. The van der Waals surface area contributed by atoms with Gasteiger partial charge in [0.2, 0.25) is 0 Å². The van der Waals surface area contributed by atoms with E-state index < -0.39 is 39.9 Å². The molecule has 0 saturated heterocycles. The maximum absolute atomic E-state index is 13.1. The van der Waals surface area contributed by atoms with Crippen molar-refractivity contribution in [2.75, 3.05) is 0 Å². The van der Waals surface area contributed by atoms with E-state index >= 15 is 0 Å². The zero-order valence-corrected chi connectivity index (χ0v) is 7.49. The summed E-state index contributed by atoms with van der Waals surface area (Å²) in [6.45, 7) is 0. The standard InChI is InChI=1S/C8H4F3NO4/c9-4-1-3(7(10)11)2-5(12(15)16)6(4)8(13)14/h1-2,7H,(H,13,14). The summed E-state index contributed by atoms with van der Waals surface area (Å²) in [6, 6.07) is 0.609. The minimum absolute atomic E-state index is 0.265. The van der Waals surface area contributed by atoms with Crippen LogP contribution in [0.25, 0.3) is 0 Å². The van der Waals surface area contributed by atoms with Crippen LogP contribution in [0.4, 0.5) is 18.9 Å². The molecule has 0 aromatic heterocycles. The van der Waals surface area contributed by atoms with Gasteiger partial charge in [0.1, 0.15) is 5.82 Å². The summed E-state index contributed by atoms with van der Waals surface area (Å²) < 4.78 is 37.4. The third kappa shape index (κ3) is 2.10. The lowest BCUT2D eigenvalue weighted by atomic mass is 10.1. The van der Waals surface area contributed by atoms with Gasteiger partial charge in [0, 0.05) is 11.6 Å². The minimum Gasteiger partial charge on any atom is -0.477 e. The van der Waals surface area contributed by atoms with Gasteiger partial charge in [-0.1, -0.05) is 0 Å². The smallest absolute Gasteiger partial charge is 0.345 e. The second-order valence-electron chi connectivity index (χ2n) is 2.76. The fraction of sp³-hybridized carbons (Fsp3) is 0.125. The zero-order valence-electron chi connectivity index (χ0n) is 7.49. The van der Waals surface area contributed by atoms with E-state index in [4.69, 9.17) is 5.11 Å². The fourth-order valence-electron chi connectivity index (χ4n) is 1.09. The maximum atomic E-state index is 13.1. The highest BCUT2D eigenvalue weighted by molar-refractivity contribution is 5.92. The van der Waals surface area contributed by atoms with Crippen LogP contribution in [0.5, 0.6) is 0 Å². The number of nitro benzene ring substituents is 1. The first kappa shape index (κ1) is 12.0. The molecule has 0 bridgehead atoms. The average Bonchev–Trinajstić information content (AvgIpc) is 2.15. The number of nitrogens with zero attached hydrogens (tertiary/aromatic N) is 1. The number of rotatable bonds is 3. The van der Waals surface area contributed by atoms with Crippen molar-refractivity contribution in [1.82, 2.24) is 0 Å². The predicted molar refractivity (Wildman–Crippen MR) is 45.0 cm³/mol. The fourth-order valence-corrected chi connectivity index (χ4v) is 1.09. The zero-order chi connectivity index (χ0) is 12.5. The van der Waals surface area contributed by atoms with Crippen molar-refractivity contribution >= 4 is 11.7 Å². The quantitative estimate of drug-likeness (QED) is 0.644. The number of carboxylic acids is 1. The molecule has 1 rings (SSSR count). The molecule has 1 aromatic rings. The highest BCUT2D eigenvalue weighted by atomic mass is 19.3. The Labute approximate surface area is 86.3 Å². The molecule has 0 spiro atoms. The van der Waals surface area contributed by atoms with Gasteiger partial charge in [0.15, 0.2) is 5.56 Å². The van der Waals surface area contributed by atoms with Gasteiger partial charge in [-0.15, -0.1) is 0 Å². The lowest BCUT2D eigenvalue weighted by Crippen LogP contribution is -2.07. The largest absolute Gasteiger partial charge is 0.477 e. The topological polar surface area (TPSA) is 80.4 Å². The summed E-state index contributed by atoms with van der Waals surface area (Å²) in [5.74, 6) is -3.44. The molecule has 0 radical (unpaired) electrons. The minimum atomic E-state index is -3.11. The molecule has 0 amide bonds. The highest BCUT2D eigenvalue weighted by Gasteiger charge is 2.27. The van der Waals surface area contributed by atoms with E-state index in [9.17, 15) is 28.1 Å². The number of halogens is 3. The van der Waals surface area contributed by atoms with Gasteiger partial charge in [-0.05, 0) is 6.07 Å². The number of hydrogen-bond acceptors (Lipinski definition) is 3. The lowest BCUT2D eigenvalue weighted by Gasteiger charge is -2.03. The van der Waals surface area contributed by atoms with Crippen molar-refractivity contribution in [3.8, 4) is 0 Å². The van der Waals surface area contributed by atoms with E-state index in [1.165, 1.54) is 0 Å². The Kier molecular flexibility index (Phi) is 3.11. The summed E-state index contributed by atoms with van der Waals surface area (Å²) in [4.78, 5) is 19.7. The number of aromatic carboxylic acids is 1. The van der Waals surface area contributed by atoms with Gasteiger partial charge >= 0.3 is 5.97 Å². The molecule has 5 nitrogen and oxygen atoms in total. The third-order valence-electron chi connectivity index (χ3n) is 1.75. The molecular formula is C8H4F3NO4. The van der Waals surface area contributed by atoms with Gasteiger partial charge in [-0.2, -0.15) is 0 Å². The van der Waals surface area contributed by atoms with E-state index in [-0.39, 0.29) is 6.07 Å². The molecule has 1 aromatic carbocycles. The predicted octanol–water partition coefficient (Wildman–Crippen LogP) is 2.37. The van der Waals surface area contributed by atoms with Crippen LogP contribution in [0.3, 0.4) is 0 Å². The molecule has 16 heavy (non-hydrogen) atoms. The van der Waals surface area contributed by atoms with Crippen molar-refractivity contribution in [2.45, 2.75) is 6.43 Å². The first-order chi connectivity index (χ1) is 7.34.